The lowest BCUT2D eigenvalue weighted by molar-refractivity contribution is -0.127. The van der Waals surface area contributed by atoms with Gasteiger partial charge < -0.3 is 4.90 Å². The molecule has 0 radical (unpaired) electrons. The highest BCUT2D eigenvalue weighted by Crippen LogP contribution is 2.24. The molecule has 114 valence electrons. The van der Waals surface area contributed by atoms with Crippen LogP contribution in [0.1, 0.15) is 31.0 Å². The number of aromatic nitrogens is 4. The molecule has 0 unspecified atom stereocenters. The van der Waals surface area contributed by atoms with Crippen LogP contribution in [-0.4, -0.2) is 49.7 Å². The Labute approximate surface area is 129 Å². The topological polar surface area (TPSA) is 63.4 Å². The van der Waals surface area contributed by atoms with Crippen molar-refractivity contribution in [1.29, 1.82) is 0 Å². The van der Waals surface area contributed by atoms with E-state index in [9.17, 15) is 4.79 Å². The van der Waals surface area contributed by atoms with Crippen molar-refractivity contribution >= 4 is 23.4 Å². The Morgan fingerprint density at radius 2 is 2.19 bits per heavy atom. The maximum Gasteiger partial charge on any atom is 0.253 e. The molecule has 0 saturated heterocycles. The molecule has 0 atom stereocenters. The van der Waals surface area contributed by atoms with E-state index in [1.165, 1.54) is 18.1 Å². The molecule has 0 aromatic carbocycles. The summed E-state index contributed by atoms with van der Waals surface area (Å²) in [5.41, 5.74) is 1.96. The first kappa shape index (κ1) is 15.8. The average molecular weight is 307 g/mol. The Kier molecular flexibility index (Phi) is 5.17. The van der Waals surface area contributed by atoms with Gasteiger partial charge in [0.2, 0.25) is 5.91 Å². The van der Waals surface area contributed by atoms with Crippen LogP contribution < -0.4 is 0 Å². The van der Waals surface area contributed by atoms with Crippen molar-refractivity contribution in [2.75, 3.05) is 19.3 Å². The molecule has 0 aliphatic heterocycles. The van der Waals surface area contributed by atoms with Crippen molar-refractivity contribution < 1.29 is 4.79 Å². The average Bonchev–Trinajstić information content (AvgIpc) is 2.92. The van der Waals surface area contributed by atoms with Gasteiger partial charge >= 0.3 is 0 Å². The van der Waals surface area contributed by atoms with Gasteiger partial charge in [0, 0.05) is 24.8 Å². The summed E-state index contributed by atoms with van der Waals surface area (Å²) in [4.78, 5) is 22.4. The normalized spacial score (nSPS) is 11.0. The van der Waals surface area contributed by atoms with E-state index >= 15 is 0 Å². The van der Waals surface area contributed by atoms with Gasteiger partial charge in [-0.1, -0.05) is 25.1 Å². The maximum atomic E-state index is 12.1. The Morgan fingerprint density at radius 1 is 1.43 bits per heavy atom. The summed E-state index contributed by atoms with van der Waals surface area (Å²) in [5.74, 6) is 1.11. The van der Waals surface area contributed by atoms with Crippen molar-refractivity contribution in [3.8, 4) is 0 Å². The molecule has 2 heterocycles. The predicted octanol–water partition coefficient (Wildman–Crippen LogP) is 2.09. The van der Waals surface area contributed by atoms with Gasteiger partial charge in [0.15, 0.2) is 0 Å². The molecule has 0 saturated carbocycles. The number of nitrogens with zero attached hydrogens (tertiary/aromatic N) is 5. The third-order valence-electron chi connectivity index (χ3n) is 3.46. The second kappa shape index (κ2) is 6.89. The standard InChI is InChI=1S/C14H21N5OS/c1-5-6-7-18(4)12(20)8-21-13-10(2)11(3)17-14-15-9-16-19(13)14/h9H,5-8H2,1-4H3. The van der Waals surface area contributed by atoms with Crippen LogP contribution in [0.5, 0.6) is 0 Å². The van der Waals surface area contributed by atoms with Crippen LogP contribution in [0.2, 0.25) is 0 Å². The summed E-state index contributed by atoms with van der Waals surface area (Å²) in [7, 11) is 1.86. The molecule has 2 rings (SSSR count). The summed E-state index contributed by atoms with van der Waals surface area (Å²) < 4.78 is 1.70. The predicted molar refractivity (Wildman–Crippen MR) is 83.5 cm³/mol. The molecule has 0 bridgehead atoms. The summed E-state index contributed by atoms with van der Waals surface area (Å²) in [5, 5.41) is 5.13. The second-order valence-electron chi connectivity index (χ2n) is 5.06. The van der Waals surface area contributed by atoms with Gasteiger partial charge in [-0.25, -0.2) is 4.98 Å². The van der Waals surface area contributed by atoms with E-state index in [2.05, 4.69) is 22.0 Å². The van der Waals surface area contributed by atoms with E-state index in [4.69, 9.17) is 0 Å². The number of carbonyl (C=O) groups excluding carboxylic acids is 1. The van der Waals surface area contributed by atoms with Gasteiger partial charge in [0.05, 0.1) is 5.75 Å². The Balaban J connectivity index is 2.11. The third-order valence-corrected chi connectivity index (χ3v) is 4.60. The first-order chi connectivity index (χ1) is 10.0. The van der Waals surface area contributed by atoms with E-state index in [1.54, 1.807) is 9.42 Å². The minimum absolute atomic E-state index is 0.135. The largest absolute Gasteiger partial charge is 0.345 e. The zero-order valence-electron chi connectivity index (χ0n) is 13.0. The second-order valence-corrected chi connectivity index (χ2v) is 6.02. The molecule has 2 aromatic heterocycles. The van der Waals surface area contributed by atoms with Gasteiger partial charge in [-0.3, -0.25) is 4.79 Å². The van der Waals surface area contributed by atoms with Crippen LogP contribution in [0.4, 0.5) is 0 Å². The van der Waals surface area contributed by atoms with Gasteiger partial charge in [0.25, 0.3) is 5.78 Å². The molecule has 6 nitrogen and oxygen atoms in total. The fraction of sp³-hybridized carbons (Fsp3) is 0.571. The molecule has 0 spiro atoms. The van der Waals surface area contributed by atoms with Crippen LogP contribution in [0.25, 0.3) is 5.78 Å². The highest BCUT2D eigenvalue weighted by atomic mass is 32.2. The highest BCUT2D eigenvalue weighted by Gasteiger charge is 2.15. The SMILES string of the molecule is CCCCN(C)C(=O)CSc1c(C)c(C)nc2ncnn12. The lowest BCUT2D eigenvalue weighted by Gasteiger charge is -2.17. The Bertz CT molecular complexity index is 640. The molecule has 0 fully saturated rings. The molecule has 21 heavy (non-hydrogen) atoms. The summed E-state index contributed by atoms with van der Waals surface area (Å²) >= 11 is 1.49. The van der Waals surface area contributed by atoms with Crippen molar-refractivity contribution in [2.24, 2.45) is 0 Å². The molecule has 0 N–H and O–H groups in total. The quantitative estimate of drug-likeness (QED) is 0.604. The molecule has 1 amide bonds. The molecule has 7 heteroatoms. The van der Waals surface area contributed by atoms with Crippen LogP contribution in [0.3, 0.4) is 0 Å². The number of hydrogen-bond donors (Lipinski definition) is 0. The number of unbranched alkanes of at least 4 members (excludes halogenated alkanes) is 1. The Hall–Kier alpha value is -1.63. The van der Waals surface area contributed by atoms with E-state index in [1.807, 2.05) is 20.9 Å². The van der Waals surface area contributed by atoms with Gasteiger partial charge in [-0.15, -0.1) is 0 Å². The number of carbonyl (C=O) groups is 1. The molecule has 0 aliphatic rings. The molecular weight excluding hydrogens is 286 g/mol. The first-order valence-electron chi connectivity index (χ1n) is 7.08. The lowest BCUT2D eigenvalue weighted by Crippen LogP contribution is -2.29. The summed E-state index contributed by atoms with van der Waals surface area (Å²) in [6.45, 7) is 6.88. The number of aryl methyl sites for hydroxylation is 1. The number of amides is 1. The van der Waals surface area contributed by atoms with Gasteiger partial charge in [-0.05, 0) is 20.3 Å². The van der Waals surface area contributed by atoms with Crippen LogP contribution in [-0.2, 0) is 4.79 Å². The minimum atomic E-state index is 0.135. The van der Waals surface area contributed by atoms with E-state index in [0.29, 0.717) is 11.5 Å². The third kappa shape index (κ3) is 3.53. The van der Waals surface area contributed by atoms with Crippen LogP contribution in [0, 0.1) is 13.8 Å². The summed E-state index contributed by atoms with van der Waals surface area (Å²) in [6, 6.07) is 0. The number of thioether (sulfide) groups is 1. The van der Waals surface area contributed by atoms with Gasteiger partial charge in [-0.2, -0.15) is 14.6 Å². The van der Waals surface area contributed by atoms with Crippen molar-refractivity contribution in [3.05, 3.63) is 17.6 Å². The van der Waals surface area contributed by atoms with Crippen molar-refractivity contribution in [1.82, 2.24) is 24.5 Å². The monoisotopic (exact) mass is 307 g/mol. The first-order valence-corrected chi connectivity index (χ1v) is 8.06. The van der Waals surface area contributed by atoms with E-state index in [0.717, 1.165) is 35.7 Å². The zero-order valence-corrected chi connectivity index (χ0v) is 13.8. The van der Waals surface area contributed by atoms with E-state index < -0.39 is 0 Å². The number of hydrogen-bond acceptors (Lipinski definition) is 5. The molecule has 0 aliphatic carbocycles. The minimum Gasteiger partial charge on any atom is -0.345 e. The molecular formula is C14H21N5OS. The highest BCUT2D eigenvalue weighted by molar-refractivity contribution is 8.00. The number of rotatable bonds is 6. The fourth-order valence-corrected chi connectivity index (χ4v) is 3.03. The van der Waals surface area contributed by atoms with Crippen LogP contribution in [0.15, 0.2) is 11.4 Å². The van der Waals surface area contributed by atoms with Crippen molar-refractivity contribution in [2.45, 2.75) is 38.6 Å². The summed E-state index contributed by atoms with van der Waals surface area (Å²) in [6.07, 6.45) is 3.61. The maximum absolute atomic E-state index is 12.1. The van der Waals surface area contributed by atoms with E-state index in [-0.39, 0.29) is 5.91 Å². The zero-order chi connectivity index (χ0) is 15.4. The van der Waals surface area contributed by atoms with Crippen molar-refractivity contribution in [3.63, 3.8) is 0 Å². The number of fused-ring (bicyclic) bond motifs is 1. The van der Waals surface area contributed by atoms with Gasteiger partial charge in [0.1, 0.15) is 11.4 Å². The lowest BCUT2D eigenvalue weighted by atomic mass is 10.3. The molecule has 2 aromatic rings. The van der Waals surface area contributed by atoms with Crippen LogP contribution >= 0.6 is 11.8 Å². The Morgan fingerprint density at radius 3 is 2.90 bits per heavy atom. The fourth-order valence-electron chi connectivity index (χ4n) is 1.93. The smallest absolute Gasteiger partial charge is 0.253 e.